The number of hydrogen-bond acceptors (Lipinski definition) is 4. The molecule has 0 heterocycles. The minimum Gasteiger partial charge on any atom is -0.462 e. The van der Waals surface area contributed by atoms with E-state index in [9.17, 15) is 4.79 Å². The average molecular weight is 260 g/mol. The van der Waals surface area contributed by atoms with E-state index < -0.39 is 6.29 Å². The summed E-state index contributed by atoms with van der Waals surface area (Å²) in [7, 11) is 0.720. The Morgan fingerprint density at radius 2 is 1.71 bits per heavy atom. The Morgan fingerprint density at radius 3 is 2.12 bits per heavy atom. The second-order valence-electron chi connectivity index (χ2n) is 3.69. The predicted octanol–water partition coefficient (Wildman–Crippen LogP) is 0.978. The van der Waals surface area contributed by atoms with E-state index in [0.717, 1.165) is 21.9 Å². The molecule has 4 nitrogen and oxygen atoms in total. The van der Waals surface area contributed by atoms with Crippen molar-refractivity contribution in [3.8, 4) is 0 Å². The first-order valence-electron chi connectivity index (χ1n) is 6.16. The zero-order valence-corrected chi connectivity index (χ0v) is 13.5. The normalized spacial score (nSPS) is 12.8. The Hall–Kier alpha value is -0.653. The molecule has 0 saturated carbocycles. The van der Waals surface area contributed by atoms with Gasteiger partial charge in [-0.25, -0.2) is 4.79 Å². The number of esters is 1. The number of rotatable bonds is 8. The van der Waals surface area contributed by atoms with E-state index in [0.29, 0.717) is 25.4 Å². The van der Waals surface area contributed by atoms with Crippen LogP contribution in [0.4, 0.5) is 0 Å². The topological polar surface area (TPSA) is 44.8 Å². The third-order valence-electron chi connectivity index (χ3n) is 2.32. The zero-order valence-electron chi connectivity index (χ0n) is 11.5. The van der Waals surface area contributed by atoms with Crippen molar-refractivity contribution in [3.63, 3.8) is 0 Å². The molecule has 0 atom stereocenters. The molecule has 0 aliphatic heterocycles. The minimum absolute atomic E-state index is 0.263. The van der Waals surface area contributed by atoms with Gasteiger partial charge >= 0.3 is 5.97 Å². The van der Waals surface area contributed by atoms with Gasteiger partial charge in [0.25, 0.3) is 0 Å². The Bertz CT molecular complexity index is 257. The number of hydrogen-bond donors (Lipinski definition) is 0. The molecule has 0 aromatic carbocycles. The molecule has 0 spiro atoms. The maximum atomic E-state index is 11.7. The smallest absolute Gasteiger partial charge is 0.333 e. The third kappa shape index (κ3) is 6.00. The van der Waals surface area contributed by atoms with Crippen LogP contribution in [0.1, 0.15) is 34.1 Å². The van der Waals surface area contributed by atoms with E-state index in [1.807, 2.05) is 20.8 Å². The van der Waals surface area contributed by atoms with Crippen LogP contribution in [-0.2, 0) is 19.0 Å². The molecule has 0 saturated heterocycles. The second-order valence-corrected chi connectivity index (χ2v) is 4.76. The fraction of sp³-hybridized carbons (Fsp3) is 0.750. The van der Waals surface area contributed by atoms with E-state index >= 15 is 0 Å². The Morgan fingerprint density at radius 1 is 1.18 bits per heavy atom. The molecule has 0 radical (unpaired) electrons. The minimum atomic E-state index is -0.397. The predicted molar refractivity (Wildman–Crippen MR) is 70.9 cm³/mol. The van der Waals surface area contributed by atoms with Crippen LogP contribution >= 0.6 is 0 Å². The summed E-state index contributed by atoms with van der Waals surface area (Å²) >= 11 is 0. The molecule has 0 bridgehead atoms. The van der Waals surface area contributed by atoms with Crippen molar-refractivity contribution in [2.45, 2.75) is 40.4 Å². The molecule has 17 heavy (non-hydrogen) atoms. The van der Waals surface area contributed by atoms with E-state index in [1.54, 1.807) is 6.92 Å². The summed E-state index contributed by atoms with van der Waals surface area (Å²) in [5, 5.41) is 0.912. The Kier molecular flexibility index (Phi) is 9.02. The van der Waals surface area contributed by atoms with Gasteiger partial charge in [-0.1, -0.05) is 6.92 Å². The highest BCUT2D eigenvalue weighted by atomic mass is 28.1. The highest BCUT2D eigenvalue weighted by Crippen LogP contribution is 2.12. The maximum Gasteiger partial charge on any atom is 0.333 e. The number of carbonyl (C=O) groups excluding carboxylic acids is 1. The first-order valence-corrected chi connectivity index (χ1v) is 7.16. The SMILES string of the molecule is CCCOC(=O)C(C)=C([SiH3])C(OCC)OCC. The first kappa shape index (κ1) is 16.3. The lowest BCUT2D eigenvalue weighted by atomic mass is 10.2. The molecule has 0 unspecified atom stereocenters. The molecule has 0 N–H and O–H groups in total. The lowest BCUT2D eigenvalue weighted by Crippen LogP contribution is -2.23. The van der Waals surface area contributed by atoms with Crippen LogP contribution in [0, 0.1) is 0 Å². The molecule has 0 aromatic heterocycles. The molecular weight excluding hydrogens is 236 g/mol. The number of carbonyl (C=O) groups is 1. The van der Waals surface area contributed by atoms with Gasteiger partial charge in [0.1, 0.15) is 0 Å². The van der Waals surface area contributed by atoms with Crippen molar-refractivity contribution >= 4 is 16.2 Å². The summed E-state index contributed by atoms with van der Waals surface area (Å²) in [6, 6.07) is 0. The van der Waals surface area contributed by atoms with Crippen LogP contribution in [-0.4, -0.2) is 42.3 Å². The van der Waals surface area contributed by atoms with E-state index in [1.165, 1.54) is 0 Å². The summed E-state index contributed by atoms with van der Waals surface area (Å²) in [6.07, 6.45) is 0.432. The van der Waals surface area contributed by atoms with Gasteiger partial charge < -0.3 is 14.2 Å². The van der Waals surface area contributed by atoms with Crippen molar-refractivity contribution in [2.24, 2.45) is 0 Å². The summed E-state index contributed by atoms with van der Waals surface area (Å²) in [5.74, 6) is -0.263. The largest absolute Gasteiger partial charge is 0.462 e. The van der Waals surface area contributed by atoms with Gasteiger partial charge in [0.05, 0.1) is 6.61 Å². The summed E-state index contributed by atoms with van der Waals surface area (Å²) in [4.78, 5) is 11.7. The van der Waals surface area contributed by atoms with Crippen LogP contribution < -0.4 is 0 Å². The van der Waals surface area contributed by atoms with Gasteiger partial charge in [0, 0.05) is 29.0 Å². The molecule has 100 valence electrons. The molecule has 0 aliphatic rings. The molecule has 0 aromatic rings. The van der Waals surface area contributed by atoms with Crippen LogP contribution in [0.15, 0.2) is 10.8 Å². The van der Waals surface area contributed by atoms with Crippen LogP contribution in [0.5, 0.6) is 0 Å². The Balaban J connectivity index is 4.65. The first-order chi connectivity index (χ1) is 8.08. The standard InChI is InChI=1S/C12H24O4Si/c1-5-8-16-11(13)9(4)10(17)12(14-6-2)15-7-3/h12H,5-8H2,1-4,17H3. The lowest BCUT2D eigenvalue weighted by molar-refractivity contribution is -0.140. The Labute approximate surface area is 107 Å². The summed E-state index contributed by atoms with van der Waals surface area (Å²) < 4.78 is 16.0. The summed E-state index contributed by atoms with van der Waals surface area (Å²) in [6.45, 7) is 9.14. The monoisotopic (exact) mass is 260 g/mol. The fourth-order valence-corrected chi connectivity index (χ4v) is 1.78. The van der Waals surface area contributed by atoms with Gasteiger partial charge in [-0.05, 0) is 32.4 Å². The summed E-state index contributed by atoms with van der Waals surface area (Å²) in [5.41, 5.74) is 0.622. The van der Waals surface area contributed by atoms with Crippen LogP contribution in [0.25, 0.3) is 0 Å². The maximum absolute atomic E-state index is 11.7. The van der Waals surface area contributed by atoms with Crippen LogP contribution in [0.2, 0.25) is 0 Å². The lowest BCUT2D eigenvalue weighted by Gasteiger charge is -2.19. The van der Waals surface area contributed by atoms with E-state index in [4.69, 9.17) is 14.2 Å². The van der Waals surface area contributed by atoms with Gasteiger partial charge in [0.2, 0.25) is 0 Å². The van der Waals surface area contributed by atoms with Crippen molar-refractivity contribution < 1.29 is 19.0 Å². The highest BCUT2D eigenvalue weighted by molar-refractivity contribution is 6.24. The van der Waals surface area contributed by atoms with E-state index in [2.05, 4.69) is 0 Å². The van der Waals surface area contributed by atoms with Crippen LogP contribution in [0.3, 0.4) is 0 Å². The van der Waals surface area contributed by atoms with Gasteiger partial charge in [-0.2, -0.15) is 0 Å². The molecular formula is C12H24O4Si. The van der Waals surface area contributed by atoms with Crippen molar-refractivity contribution in [1.29, 1.82) is 0 Å². The van der Waals surface area contributed by atoms with Crippen molar-refractivity contribution in [2.75, 3.05) is 19.8 Å². The van der Waals surface area contributed by atoms with Gasteiger partial charge in [-0.3, -0.25) is 0 Å². The molecule has 0 fully saturated rings. The van der Waals surface area contributed by atoms with E-state index in [-0.39, 0.29) is 5.97 Å². The molecule has 0 rings (SSSR count). The molecule has 0 aliphatic carbocycles. The van der Waals surface area contributed by atoms with Gasteiger partial charge in [-0.15, -0.1) is 0 Å². The van der Waals surface area contributed by atoms with Crippen molar-refractivity contribution in [3.05, 3.63) is 10.8 Å². The third-order valence-corrected chi connectivity index (χ3v) is 3.55. The quantitative estimate of drug-likeness (QED) is 0.282. The molecule has 5 heteroatoms. The highest BCUT2D eigenvalue weighted by Gasteiger charge is 2.17. The zero-order chi connectivity index (χ0) is 13.3. The van der Waals surface area contributed by atoms with Crippen molar-refractivity contribution in [1.82, 2.24) is 0 Å². The molecule has 0 amide bonds. The second kappa shape index (κ2) is 9.38. The van der Waals surface area contributed by atoms with Gasteiger partial charge in [0.15, 0.2) is 6.29 Å². The average Bonchev–Trinajstić information content (AvgIpc) is 2.33. The fourth-order valence-electron chi connectivity index (χ4n) is 1.24. The number of ether oxygens (including phenoxy) is 3.